The molecule has 0 unspecified atom stereocenters. The fourth-order valence-electron chi connectivity index (χ4n) is 9.59. The van der Waals surface area contributed by atoms with Crippen LogP contribution in [-0.4, -0.2) is 46.1 Å². The van der Waals surface area contributed by atoms with E-state index in [9.17, 15) is 0 Å². The Bertz CT molecular complexity index is 2090. The molecule has 10 rings (SSSR count). The summed E-state index contributed by atoms with van der Waals surface area (Å²) in [4.78, 5) is 21.9. The van der Waals surface area contributed by atoms with Gasteiger partial charge in [0.15, 0.2) is 0 Å². The van der Waals surface area contributed by atoms with Crippen LogP contribution in [0, 0.1) is 5.82 Å². The van der Waals surface area contributed by atoms with Crippen LogP contribution in [0.3, 0.4) is 0 Å². The van der Waals surface area contributed by atoms with E-state index in [1.807, 2.05) is 6.07 Å². The number of aromatic amines is 2. The van der Waals surface area contributed by atoms with E-state index < -0.39 is 0 Å². The molecule has 6 heterocycles. The standard InChI is InChI=1S/C43H47FN8/c44-32-26-31(12-15-41(32)51-22-18-28(19-23-51)27-6-2-1-3-7-27)52-39(29-10-13-33-37(24-29)49-42(47-33)35-8-4-20-45-35)16-17-40(52)30-11-14-34-38(25-30)50-43(48-34)36-9-5-21-46-36/h1-3,6-7,10-15,24-26,28,35-36,39-40,45-46H,4-5,8-9,16-23H2,(H,47,49)(H,48,50)/t35-,36-,39+,40+/m0/s1. The highest BCUT2D eigenvalue weighted by Gasteiger charge is 2.37. The topological polar surface area (TPSA) is 87.9 Å². The molecule has 52 heavy (non-hydrogen) atoms. The minimum Gasteiger partial charge on any atom is -0.369 e. The molecule has 0 aliphatic carbocycles. The van der Waals surface area contributed by atoms with E-state index in [-0.39, 0.29) is 30.0 Å². The highest BCUT2D eigenvalue weighted by Crippen LogP contribution is 2.48. The monoisotopic (exact) mass is 694 g/mol. The number of nitrogens with one attached hydrogen (secondary N) is 4. The molecule has 6 aromatic rings. The third kappa shape index (κ3) is 5.84. The summed E-state index contributed by atoms with van der Waals surface area (Å²) in [6.45, 7) is 3.79. The predicted molar refractivity (Wildman–Crippen MR) is 206 cm³/mol. The molecular formula is C43H47FN8. The van der Waals surface area contributed by atoms with Crippen molar-refractivity contribution in [2.24, 2.45) is 0 Å². The third-order valence-electron chi connectivity index (χ3n) is 12.3. The Balaban J connectivity index is 0.976. The highest BCUT2D eigenvalue weighted by atomic mass is 19.1. The first kappa shape index (κ1) is 32.0. The summed E-state index contributed by atoms with van der Waals surface area (Å²) in [5.74, 6) is 2.43. The van der Waals surface area contributed by atoms with Gasteiger partial charge in [-0.3, -0.25) is 0 Å². The highest BCUT2D eigenvalue weighted by molar-refractivity contribution is 5.78. The molecule has 0 bridgehead atoms. The second kappa shape index (κ2) is 13.4. The second-order valence-corrected chi connectivity index (χ2v) is 15.4. The summed E-state index contributed by atoms with van der Waals surface area (Å²) in [5.41, 5.74) is 9.62. The third-order valence-corrected chi connectivity index (χ3v) is 12.3. The van der Waals surface area contributed by atoms with Crippen LogP contribution in [-0.2, 0) is 0 Å². The Morgan fingerprint density at radius 3 is 1.73 bits per heavy atom. The molecule has 4 saturated heterocycles. The number of H-pyrrole nitrogens is 2. The molecule has 4 aromatic carbocycles. The van der Waals surface area contributed by atoms with Gasteiger partial charge in [-0.15, -0.1) is 0 Å². The van der Waals surface area contributed by atoms with Gasteiger partial charge in [0.1, 0.15) is 17.5 Å². The smallest absolute Gasteiger partial charge is 0.148 e. The van der Waals surface area contributed by atoms with Gasteiger partial charge in [0.05, 0.1) is 51.9 Å². The van der Waals surface area contributed by atoms with Gasteiger partial charge in [-0.05, 0) is 130 Å². The van der Waals surface area contributed by atoms with Crippen LogP contribution in [0.5, 0.6) is 0 Å². The van der Waals surface area contributed by atoms with Gasteiger partial charge in [0.25, 0.3) is 0 Å². The van der Waals surface area contributed by atoms with Crippen molar-refractivity contribution in [1.29, 1.82) is 0 Å². The molecule has 4 atom stereocenters. The zero-order valence-electron chi connectivity index (χ0n) is 29.6. The number of benzene rings is 4. The van der Waals surface area contributed by atoms with E-state index in [4.69, 9.17) is 9.97 Å². The Labute approximate surface area is 304 Å². The van der Waals surface area contributed by atoms with E-state index >= 15 is 4.39 Å². The van der Waals surface area contributed by atoms with Gasteiger partial charge < -0.3 is 30.4 Å². The molecule has 4 N–H and O–H groups in total. The number of nitrogens with zero attached hydrogens (tertiary/aromatic N) is 4. The number of aromatic nitrogens is 4. The van der Waals surface area contributed by atoms with Crippen molar-refractivity contribution in [2.45, 2.75) is 81.5 Å². The van der Waals surface area contributed by atoms with Crippen LogP contribution >= 0.6 is 0 Å². The SMILES string of the molecule is Fc1cc(N2[C@@H](c3ccc4nc([C@@H]5CCCN5)[nH]c4c3)CC[C@@H]2c2ccc3nc([C@@H]4CCCN4)[nH]c3c2)ccc1N1CCC(c2ccccc2)CC1. The molecule has 266 valence electrons. The van der Waals surface area contributed by atoms with Gasteiger partial charge in [-0.25, -0.2) is 14.4 Å². The molecule has 0 saturated carbocycles. The molecule has 0 radical (unpaired) electrons. The molecule has 8 nitrogen and oxygen atoms in total. The van der Waals surface area contributed by atoms with Crippen molar-refractivity contribution in [3.8, 4) is 0 Å². The Kier molecular flexibility index (Phi) is 8.21. The van der Waals surface area contributed by atoms with E-state index in [1.54, 1.807) is 6.07 Å². The van der Waals surface area contributed by atoms with Crippen molar-refractivity contribution in [1.82, 2.24) is 30.6 Å². The number of imidazole rings is 2. The van der Waals surface area contributed by atoms with Crippen molar-refractivity contribution in [3.63, 3.8) is 0 Å². The quantitative estimate of drug-likeness (QED) is 0.134. The number of fused-ring (bicyclic) bond motifs is 2. The lowest BCUT2D eigenvalue weighted by atomic mass is 9.89. The summed E-state index contributed by atoms with van der Waals surface area (Å²) in [6, 6.07) is 30.8. The largest absolute Gasteiger partial charge is 0.369 e. The molecule has 4 fully saturated rings. The first-order valence-electron chi connectivity index (χ1n) is 19.5. The van der Waals surface area contributed by atoms with E-state index in [0.717, 1.165) is 104 Å². The maximum absolute atomic E-state index is 16.4. The van der Waals surface area contributed by atoms with Crippen LogP contribution in [0.1, 0.15) is 110 Å². The summed E-state index contributed by atoms with van der Waals surface area (Å²) < 4.78 is 16.4. The van der Waals surface area contributed by atoms with Crippen LogP contribution in [0.2, 0.25) is 0 Å². The number of anilines is 2. The van der Waals surface area contributed by atoms with Gasteiger partial charge in [-0.2, -0.15) is 0 Å². The summed E-state index contributed by atoms with van der Waals surface area (Å²) in [7, 11) is 0. The van der Waals surface area contributed by atoms with Gasteiger partial charge in [0.2, 0.25) is 0 Å². The maximum Gasteiger partial charge on any atom is 0.148 e. The van der Waals surface area contributed by atoms with Crippen LogP contribution < -0.4 is 20.4 Å². The molecule has 2 aromatic heterocycles. The Morgan fingerprint density at radius 2 is 1.19 bits per heavy atom. The minimum atomic E-state index is -0.143. The molecule has 4 aliphatic heterocycles. The summed E-state index contributed by atoms with van der Waals surface area (Å²) >= 11 is 0. The summed E-state index contributed by atoms with van der Waals surface area (Å²) in [5, 5.41) is 7.15. The number of halogens is 1. The molecule has 4 aliphatic rings. The van der Waals surface area contributed by atoms with E-state index in [0.29, 0.717) is 11.6 Å². The number of hydrogen-bond acceptors (Lipinski definition) is 6. The Hall–Kier alpha value is -4.73. The van der Waals surface area contributed by atoms with Crippen LogP contribution in [0.15, 0.2) is 84.9 Å². The fourth-order valence-corrected chi connectivity index (χ4v) is 9.59. The fraction of sp³-hybridized carbons (Fsp3) is 0.395. The zero-order valence-corrected chi connectivity index (χ0v) is 29.6. The van der Waals surface area contributed by atoms with Crippen molar-refractivity contribution >= 4 is 33.4 Å². The second-order valence-electron chi connectivity index (χ2n) is 15.4. The lowest BCUT2D eigenvalue weighted by molar-refractivity contribution is 0.497. The number of rotatable bonds is 7. The van der Waals surface area contributed by atoms with Crippen molar-refractivity contribution in [2.75, 3.05) is 36.0 Å². The molecule has 9 heteroatoms. The van der Waals surface area contributed by atoms with Gasteiger partial charge in [0, 0.05) is 18.8 Å². The van der Waals surface area contributed by atoms with Gasteiger partial charge >= 0.3 is 0 Å². The predicted octanol–water partition coefficient (Wildman–Crippen LogP) is 8.89. The molecule has 0 amide bonds. The lowest BCUT2D eigenvalue weighted by Crippen LogP contribution is -2.33. The average Bonchev–Trinajstić information content (AvgIpc) is 4.03. The average molecular weight is 695 g/mol. The first-order chi connectivity index (χ1) is 25.6. The molecule has 0 spiro atoms. The van der Waals surface area contributed by atoms with Gasteiger partial charge in [-0.1, -0.05) is 42.5 Å². The van der Waals surface area contributed by atoms with E-state index in [2.05, 4.69) is 103 Å². The maximum atomic E-state index is 16.4. The normalized spacial score (nSPS) is 24.2. The molecular weight excluding hydrogens is 648 g/mol. The van der Waals surface area contributed by atoms with Crippen LogP contribution in [0.4, 0.5) is 15.8 Å². The Morgan fingerprint density at radius 1 is 0.596 bits per heavy atom. The van der Waals surface area contributed by atoms with Crippen molar-refractivity contribution < 1.29 is 4.39 Å². The summed E-state index contributed by atoms with van der Waals surface area (Å²) in [6.07, 6.45) is 8.57. The first-order valence-corrected chi connectivity index (χ1v) is 19.5. The zero-order chi connectivity index (χ0) is 34.6. The van der Waals surface area contributed by atoms with Crippen molar-refractivity contribution in [3.05, 3.63) is 119 Å². The number of piperidine rings is 1. The van der Waals surface area contributed by atoms with Crippen LogP contribution in [0.25, 0.3) is 22.1 Å². The van der Waals surface area contributed by atoms with E-state index in [1.165, 1.54) is 29.5 Å². The lowest BCUT2D eigenvalue weighted by Gasteiger charge is -2.36. The minimum absolute atomic E-state index is 0.0911. The number of hydrogen-bond donors (Lipinski definition) is 4.